The third kappa shape index (κ3) is 4.47. The molecule has 3 aromatic carbocycles. The van der Waals surface area contributed by atoms with Gasteiger partial charge in [0.05, 0.1) is 23.9 Å². The zero-order valence-electron chi connectivity index (χ0n) is 21.6. The van der Waals surface area contributed by atoms with Gasteiger partial charge in [0.2, 0.25) is 0 Å². The monoisotopic (exact) mass is 523 g/mol. The molecule has 0 fully saturated rings. The average Bonchev–Trinajstić information content (AvgIpc) is 3.11. The van der Waals surface area contributed by atoms with Crippen LogP contribution >= 0.6 is 0 Å². The van der Waals surface area contributed by atoms with Crippen molar-refractivity contribution in [3.63, 3.8) is 0 Å². The molecule has 39 heavy (non-hydrogen) atoms. The van der Waals surface area contributed by atoms with E-state index >= 15 is 0 Å². The fraction of sp³-hybridized carbons (Fsp3) is 0.226. The number of aldehydes is 1. The molecule has 0 aliphatic carbocycles. The molecule has 0 saturated heterocycles. The standard InChI is InChI=1S/C31H29N3O5/c1-32(15-14-21-8-4-2-5-9-21)28(19-36)33-17-27-29-24-16-23(38-20-22-10-6-3-7-11-22)12-13-26(24)34(27)39-31(37)30(33)25(29)18-35/h2-13,16-17,19,28-29,35H,14-15,18,20H2,1H3. The number of anilines is 1. The summed E-state index contributed by atoms with van der Waals surface area (Å²) in [5.41, 5.74) is 5.16. The van der Waals surface area contributed by atoms with E-state index in [1.54, 1.807) is 11.1 Å². The van der Waals surface area contributed by atoms with Crippen molar-refractivity contribution in [2.24, 2.45) is 0 Å². The maximum atomic E-state index is 13.3. The summed E-state index contributed by atoms with van der Waals surface area (Å²) in [5, 5.41) is 12.0. The van der Waals surface area contributed by atoms with Gasteiger partial charge in [0, 0.05) is 18.3 Å². The van der Waals surface area contributed by atoms with E-state index in [4.69, 9.17) is 9.57 Å². The van der Waals surface area contributed by atoms with E-state index in [9.17, 15) is 14.7 Å². The van der Waals surface area contributed by atoms with Gasteiger partial charge in [-0.25, -0.2) is 4.79 Å². The summed E-state index contributed by atoms with van der Waals surface area (Å²) in [6.07, 6.45) is 2.61. The topological polar surface area (TPSA) is 82.5 Å². The van der Waals surface area contributed by atoms with Crippen molar-refractivity contribution in [3.8, 4) is 5.75 Å². The van der Waals surface area contributed by atoms with Gasteiger partial charge in [0.25, 0.3) is 0 Å². The molecule has 3 aromatic rings. The van der Waals surface area contributed by atoms with Crippen molar-refractivity contribution in [2.75, 3.05) is 25.3 Å². The largest absolute Gasteiger partial charge is 0.489 e. The van der Waals surface area contributed by atoms with Crippen molar-refractivity contribution in [3.05, 3.63) is 119 Å². The van der Waals surface area contributed by atoms with E-state index in [0.717, 1.165) is 29.4 Å². The average molecular weight is 524 g/mol. The Bertz CT molecular complexity index is 1450. The number of benzene rings is 3. The van der Waals surface area contributed by atoms with Crippen LogP contribution < -0.4 is 9.80 Å². The van der Waals surface area contributed by atoms with Gasteiger partial charge in [-0.1, -0.05) is 60.7 Å². The highest BCUT2D eigenvalue weighted by Gasteiger charge is 2.49. The first kappa shape index (κ1) is 24.9. The zero-order chi connectivity index (χ0) is 26.9. The number of allylic oxidation sites excluding steroid dienone is 1. The number of nitrogens with zero attached hydrogens (tertiary/aromatic N) is 3. The maximum Gasteiger partial charge on any atom is 0.379 e. The van der Waals surface area contributed by atoms with Gasteiger partial charge < -0.3 is 19.6 Å². The zero-order valence-corrected chi connectivity index (χ0v) is 21.6. The normalized spacial score (nSPS) is 18.1. The van der Waals surface area contributed by atoms with E-state index < -0.39 is 12.1 Å². The number of ether oxygens (including phenoxy) is 1. The van der Waals surface area contributed by atoms with Crippen molar-refractivity contribution >= 4 is 17.9 Å². The lowest BCUT2D eigenvalue weighted by atomic mass is 9.87. The smallest absolute Gasteiger partial charge is 0.379 e. The number of hydrogen-bond donors (Lipinski definition) is 1. The van der Waals surface area contributed by atoms with Crippen LogP contribution in [0, 0.1) is 0 Å². The number of carbonyl (C=O) groups excluding carboxylic acids is 2. The molecule has 2 atom stereocenters. The van der Waals surface area contributed by atoms with Crippen molar-refractivity contribution in [2.45, 2.75) is 25.1 Å². The molecule has 0 spiro atoms. The predicted octanol–water partition coefficient (Wildman–Crippen LogP) is 3.74. The Morgan fingerprint density at radius 1 is 1.05 bits per heavy atom. The molecule has 4 bridgehead atoms. The first-order chi connectivity index (χ1) is 19.1. The van der Waals surface area contributed by atoms with Gasteiger partial charge >= 0.3 is 5.97 Å². The number of hydroxylamine groups is 1. The van der Waals surface area contributed by atoms with Gasteiger partial charge in [0.1, 0.15) is 24.2 Å². The Balaban J connectivity index is 1.30. The molecular weight excluding hydrogens is 494 g/mol. The number of likely N-dealkylation sites (N-methyl/N-ethyl adjacent to an activating group) is 1. The van der Waals surface area contributed by atoms with E-state index in [-0.39, 0.29) is 18.2 Å². The lowest BCUT2D eigenvalue weighted by Crippen LogP contribution is -2.48. The predicted molar refractivity (Wildman–Crippen MR) is 145 cm³/mol. The first-order valence-electron chi connectivity index (χ1n) is 13.0. The molecule has 4 aliphatic heterocycles. The Labute approximate surface area is 226 Å². The van der Waals surface area contributed by atoms with Crippen molar-refractivity contribution < 1.29 is 24.3 Å². The number of aliphatic hydroxyl groups excluding tert-OH is 1. The third-order valence-electron chi connectivity index (χ3n) is 7.48. The van der Waals surface area contributed by atoms with Gasteiger partial charge in [-0.15, -0.1) is 0 Å². The Kier molecular flexibility index (Phi) is 6.64. The third-order valence-corrected chi connectivity index (χ3v) is 7.48. The molecule has 0 saturated carbocycles. The number of carbonyl (C=O) groups is 2. The Hall–Kier alpha value is -4.40. The van der Waals surface area contributed by atoms with E-state index in [2.05, 4.69) is 0 Å². The minimum Gasteiger partial charge on any atom is -0.489 e. The fourth-order valence-electron chi connectivity index (χ4n) is 5.50. The minimum atomic E-state index is -0.750. The number of rotatable bonds is 10. The molecule has 1 N–H and O–H groups in total. The quantitative estimate of drug-likeness (QED) is 0.403. The van der Waals surface area contributed by atoms with Gasteiger partial charge in [0.15, 0.2) is 6.29 Å². The van der Waals surface area contributed by atoms with Crippen LogP contribution in [0.25, 0.3) is 0 Å². The summed E-state index contributed by atoms with van der Waals surface area (Å²) < 4.78 is 6.05. The summed E-state index contributed by atoms with van der Waals surface area (Å²) in [6, 6.07) is 25.6. The molecule has 198 valence electrons. The van der Waals surface area contributed by atoms with Crippen LogP contribution in [0.15, 0.2) is 102 Å². The van der Waals surface area contributed by atoms with Crippen LogP contribution in [0.4, 0.5) is 5.69 Å². The second-order valence-electron chi connectivity index (χ2n) is 9.86. The highest BCUT2D eigenvalue weighted by Crippen LogP contribution is 2.54. The van der Waals surface area contributed by atoms with E-state index in [0.29, 0.717) is 35.9 Å². The summed E-state index contributed by atoms with van der Waals surface area (Å²) in [6.45, 7) is 0.660. The van der Waals surface area contributed by atoms with E-state index in [1.807, 2.05) is 90.8 Å². The van der Waals surface area contributed by atoms with Crippen LogP contribution in [0.5, 0.6) is 5.75 Å². The maximum absolute atomic E-state index is 13.3. The molecule has 0 aromatic heterocycles. The van der Waals surface area contributed by atoms with Crippen LogP contribution in [0.3, 0.4) is 0 Å². The summed E-state index contributed by atoms with van der Waals surface area (Å²) in [5.74, 6) is -0.311. The van der Waals surface area contributed by atoms with Crippen LogP contribution in [0.2, 0.25) is 0 Å². The van der Waals surface area contributed by atoms with Crippen LogP contribution in [0.1, 0.15) is 22.6 Å². The second kappa shape index (κ2) is 10.4. The lowest BCUT2D eigenvalue weighted by Gasteiger charge is -2.37. The molecule has 4 heterocycles. The summed E-state index contributed by atoms with van der Waals surface area (Å²) >= 11 is 0. The molecule has 8 nitrogen and oxygen atoms in total. The van der Waals surface area contributed by atoms with Crippen LogP contribution in [-0.4, -0.2) is 53.5 Å². The molecular formula is C31H29N3O5. The van der Waals surface area contributed by atoms with Gasteiger partial charge in [-0.05, 0) is 48.4 Å². The number of hydrogen-bond acceptors (Lipinski definition) is 8. The van der Waals surface area contributed by atoms with Crippen molar-refractivity contribution in [1.29, 1.82) is 0 Å². The molecule has 8 heteroatoms. The highest BCUT2D eigenvalue weighted by atomic mass is 16.7. The molecule has 0 amide bonds. The van der Waals surface area contributed by atoms with Gasteiger partial charge in [-0.2, -0.15) is 5.06 Å². The van der Waals surface area contributed by atoms with Crippen molar-refractivity contribution in [1.82, 2.24) is 9.80 Å². The lowest BCUT2D eigenvalue weighted by molar-refractivity contribution is -0.141. The highest BCUT2D eigenvalue weighted by molar-refractivity contribution is 5.95. The Morgan fingerprint density at radius 3 is 2.46 bits per heavy atom. The SMILES string of the molecule is CN(CCc1ccccc1)C(C=O)N1C=C2C3C(CO)=C1C(=O)ON2c1ccc(OCc2ccccc2)cc13. The van der Waals surface area contributed by atoms with E-state index in [1.165, 1.54) is 5.06 Å². The van der Waals surface area contributed by atoms with Gasteiger partial charge in [-0.3, -0.25) is 9.69 Å². The molecule has 4 aliphatic rings. The molecule has 0 radical (unpaired) electrons. The second-order valence-corrected chi connectivity index (χ2v) is 9.86. The molecule has 2 unspecified atom stereocenters. The molecule has 7 rings (SSSR count). The number of fused-ring (bicyclic) bond motifs is 3. The fourth-order valence-corrected chi connectivity index (χ4v) is 5.50. The first-order valence-corrected chi connectivity index (χ1v) is 13.0. The number of aliphatic hydroxyl groups is 1. The minimum absolute atomic E-state index is 0.193. The summed E-state index contributed by atoms with van der Waals surface area (Å²) in [7, 11) is 1.85. The van der Waals surface area contributed by atoms with Crippen LogP contribution in [-0.2, 0) is 27.5 Å². The Morgan fingerprint density at radius 2 is 1.77 bits per heavy atom. The summed E-state index contributed by atoms with van der Waals surface area (Å²) in [4.78, 5) is 35.1.